The van der Waals surface area contributed by atoms with Crippen LogP contribution in [0.5, 0.6) is 0 Å². The molecular formula is C16H15BrN2S. The van der Waals surface area contributed by atoms with E-state index in [0.717, 1.165) is 27.4 Å². The van der Waals surface area contributed by atoms with E-state index < -0.39 is 0 Å². The maximum absolute atomic E-state index is 4.74. The molecule has 0 radical (unpaired) electrons. The molecule has 2 aromatic carbocycles. The summed E-state index contributed by atoms with van der Waals surface area (Å²) in [5.74, 6) is 1.03. The van der Waals surface area contributed by atoms with E-state index in [4.69, 9.17) is 4.98 Å². The fourth-order valence-corrected chi connectivity index (χ4v) is 3.45. The van der Waals surface area contributed by atoms with Crippen molar-refractivity contribution in [1.29, 1.82) is 0 Å². The van der Waals surface area contributed by atoms with Gasteiger partial charge >= 0.3 is 0 Å². The molecule has 3 aromatic rings. The molecule has 0 fully saturated rings. The van der Waals surface area contributed by atoms with Crippen LogP contribution in [-0.2, 0) is 6.54 Å². The molecule has 0 saturated carbocycles. The SMILES string of the molecule is CCSc1nc2ccccc2n1Cc1cccc(Br)c1. The third kappa shape index (κ3) is 2.76. The minimum absolute atomic E-state index is 0.849. The van der Waals surface area contributed by atoms with Gasteiger partial charge < -0.3 is 4.57 Å². The van der Waals surface area contributed by atoms with E-state index in [1.807, 2.05) is 6.07 Å². The number of para-hydroxylation sites is 2. The van der Waals surface area contributed by atoms with Crippen molar-refractivity contribution >= 4 is 38.7 Å². The lowest BCUT2D eigenvalue weighted by Crippen LogP contribution is -2.01. The Morgan fingerprint density at radius 1 is 1.15 bits per heavy atom. The topological polar surface area (TPSA) is 17.8 Å². The lowest BCUT2D eigenvalue weighted by atomic mass is 10.2. The van der Waals surface area contributed by atoms with Crippen LogP contribution in [0.25, 0.3) is 11.0 Å². The highest BCUT2D eigenvalue weighted by Gasteiger charge is 2.10. The Morgan fingerprint density at radius 3 is 2.80 bits per heavy atom. The molecule has 102 valence electrons. The Balaban J connectivity index is 2.06. The zero-order valence-corrected chi connectivity index (χ0v) is 13.6. The average Bonchev–Trinajstić information content (AvgIpc) is 2.78. The van der Waals surface area contributed by atoms with Gasteiger partial charge in [-0.25, -0.2) is 4.98 Å². The molecule has 0 amide bonds. The van der Waals surface area contributed by atoms with Crippen LogP contribution in [0.3, 0.4) is 0 Å². The van der Waals surface area contributed by atoms with Gasteiger partial charge in [0.2, 0.25) is 0 Å². The Kier molecular flexibility index (Phi) is 4.13. The summed E-state index contributed by atoms with van der Waals surface area (Å²) in [4.78, 5) is 4.74. The van der Waals surface area contributed by atoms with Crippen molar-refractivity contribution in [3.05, 3.63) is 58.6 Å². The Hall–Kier alpha value is -1.26. The maximum atomic E-state index is 4.74. The van der Waals surface area contributed by atoms with Gasteiger partial charge in [-0.15, -0.1) is 0 Å². The number of halogens is 1. The van der Waals surface area contributed by atoms with E-state index in [2.05, 4.69) is 69.9 Å². The van der Waals surface area contributed by atoms with Gasteiger partial charge in [-0.3, -0.25) is 0 Å². The first-order valence-corrected chi connectivity index (χ1v) is 8.38. The van der Waals surface area contributed by atoms with Crippen LogP contribution in [0, 0.1) is 0 Å². The van der Waals surface area contributed by atoms with Crippen LogP contribution in [0.2, 0.25) is 0 Å². The number of hydrogen-bond donors (Lipinski definition) is 0. The summed E-state index contributed by atoms with van der Waals surface area (Å²) in [5, 5.41) is 1.09. The summed E-state index contributed by atoms with van der Waals surface area (Å²) >= 11 is 5.33. The van der Waals surface area contributed by atoms with Gasteiger partial charge in [-0.1, -0.05) is 58.9 Å². The van der Waals surface area contributed by atoms with Gasteiger partial charge in [0.15, 0.2) is 5.16 Å². The Morgan fingerprint density at radius 2 is 2.00 bits per heavy atom. The fourth-order valence-electron chi connectivity index (χ4n) is 2.26. The zero-order chi connectivity index (χ0) is 13.9. The second-order valence-electron chi connectivity index (χ2n) is 4.53. The summed E-state index contributed by atoms with van der Waals surface area (Å²) in [7, 11) is 0. The number of nitrogens with zero attached hydrogens (tertiary/aromatic N) is 2. The van der Waals surface area contributed by atoms with Crippen LogP contribution >= 0.6 is 27.7 Å². The van der Waals surface area contributed by atoms with Gasteiger partial charge in [-0.05, 0) is 35.6 Å². The predicted octanol–water partition coefficient (Wildman–Crippen LogP) is 4.96. The molecule has 1 heterocycles. The van der Waals surface area contributed by atoms with Crippen molar-refractivity contribution in [2.45, 2.75) is 18.6 Å². The number of imidazole rings is 1. The second-order valence-corrected chi connectivity index (χ2v) is 6.68. The minimum Gasteiger partial charge on any atom is -0.314 e. The van der Waals surface area contributed by atoms with Gasteiger partial charge in [0.1, 0.15) is 0 Å². The van der Waals surface area contributed by atoms with E-state index in [-0.39, 0.29) is 0 Å². The molecule has 0 spiro atoms. The minimum atomic E-state index is 0.849. The van der Waals surface area contributed by atoms with Crippen molar-refractivity contribution in [2.24, 2.45) is 0 Å². The van der Waals surface area contributed by atoms with Crippen LogP contribution in [-0.4, -0.2) is 15.3 Å². The normalized spacial score (nSPS) is 11.1. The highest BCUT2D eigenvalue weighted by Crippen LogP contribution is 2.25. The first-order valence-electron chi connectivity index (χ1n) is 6.60. The third-order valence-electron chi connectivity index (χ3n) is 3.12. The molecule has 0 aliphatic heterocycles. The molecule has 4 heteroatoms. The van der Waals surface area contributed by atoms with Crippen molar-refractivity contribution < 1.29 is 0 Å². The second kappa shape index (κ2) is 6.02. The first-order chi connectivity index (χ1) is 9.78. The average molecular weight is 347 g/mol. The number of aromatic nitrogens is 2. The number of benzene rings is 2. The highest BCUT2D eigenvalue weighted by atomic mass is 79.9. The van der Waals surface area contributed by atoms with Gasteiger partial charge in [0, 0.05) is 4.47 Å². The molecule has 1 aromatic heterocycles. The largest absolute Gasteiger partial charge is 0.314 e. The quantitative estimate of drug-likeness (QED) is 0.621. The van der Waals surface area contributed by atoms with Crippen molar-refractivity contribution in [3.63, 3.8) is 0 Å². The van der Waals surface area contributed by atoms with Crippen LogP contribution < -0.4 is 0 Å². The van der Waals surface area contributed by atoms with Crippen LogP contribution in [0.4, 0.5) is 0 Å². The van der Waals surface area contributed by atoms with E-state index in [0.29, 0.717) is 0 Å². The number of fused-ring (bicyclic) bond motifs is 1. The predicted molar refractivity (Wildman–Crippen MR) is 89.4 cm³/mol. The summed E-state index contributed by atoms with van der Waals surface area (Å²) in [5.41, 5.74) is 3.54. The standard InChI is InChI=1S/C16H15BrN2S/c1-2-20-16-18-14-8-3-4-9-15(14)19(16)11-12-6-5-7-13(17)10-12/h3-10H,2,11H2,1H3. The molecular weight excluding hydrogens is 332 g/mol. The van der Waals surface area contributed by atoms with Gasteiger partial charge in [-0.2, -0.15) is 0 Å². The summed E-state index contributed by atoms with van der Waals surface area (Å²) in [6.45, 7) is 3.01. The number of thioether (sulfide) groups is 1. The smallest absolute Gasteiger partial charge is 0.169 e. The third-order valence-corrected chi connectivity index (χ3v) is 4.47. The van der Waals surface area contributed by atoms with Crippen LogP contribution in [0.15, 0.2) is 58.2 Å². The van der Waals surface area contributed by atoms with E-state index in [1.54, 1.807) is 11.8 Å². The summed E-state index contributed by atoms with van der Waals surface area (Å²) in [6.07, 6.45) is 0. The lowest BCUT2D eigenvalue weighted by molar-refractivity contribution is 0.731. The number of hydrogen-bond acceptors (Lipinski definition) is 2. The highest BCUT2D eigenvalue weighted by molar-refractivity contribution is 9.10. The Bertz CT molecular complexity index is 736. The molecule has 0 unspecified atom stereocenters. The molecule has 0 N–H and O–H groups in total. The lowest BCUT2D eigenvalue weighted by Gasteiger charge is -2.08. The van der Waals surface area contributed by atoms with Gasteiger partial charge in [0.05, 0.1) is 17.6 Å². The van der Waals surface area contributed by atoms with Crippen molar-refractivity contribution in [1.82, 2.24) is 9.55 Å². The summed E-state index contributed by atoms with van der Waals surface area (Å²) in [6, 6.07) is 16.8. The van der Waals surface area contributed by atoms with E-state index in [1.165, 1.54) is 11.1 Å². The fraction of sp³-hybridized carbons (Fsp3) is 0.188. The molecule has 0 atom stereocenters. The molecule has 0 bridgehead atoms. The van der Waals surface area contributed by atoms with Gasteiger partial charge in [0.25, 0.3) is 0 Å². The van der Waals surface area contributed by atoms with E-state index in [9.17, 15) is 0 Å². The van der Waals surface area contributed by atoms with Crippen molar-refractivity contribution in [2.75, 3.05) is 5.75 Å². The summed E-state index contributed by atoms with van der Waals surface area (Å²) < 4.78 is 3.41. The van der Waals surface area contributed by atoms with Crippen LogP contribution in [0.1, 0.15) is 12.5 Å². The molecule has 0 aliphatic carbocycles. The van der Waals surface area contributed by atoms with Crippen molar-refractivity contribution in [3.8, 4) is 0 Å². The molecule has 0 saturated heterocycles. The molecule has 2 nitrogen and oxygen atoms in total. The number of rotatable bonds is 4. The molecule has 0 aliphatic rings. The first kappa shape index (κ1) is 13.7. The Labute approximate surface area is 131 Å². The molecule has 3 rings (SSSR count). The monoisotopic (exact) mass is 346 g/mol. The maximum Gasteiger partial charge on any atom is 0.169 e. The zero-order valence-electron chi connectivity index (χ0n) is 11.2. The molecule has 20 heavy (non-hydrogen) atoms. The van der Waals surface area contributed by atoms with E-state index >= 15 is 0 Å².